The number of nitrogens with zero attached hydrogens (tertiary/aromatic N) is 4. The molecule has 0 spiro atoms. The van der Waals surface area contributed by atoms with Crippen LogP contribution in [0.25, 0.3) is 0 Å². The molecule has 6 nitrogen and oxygen atoms in total. The lowest BCUT2D eigenvalue weighted by atomic mass is 10.2. The molecule has 1 aromatic heterocycles. The van der Waals surface area contributed by atoms with Gasteiger partial charge in [0.15, 0.2) is 6.10 Å². The first kappa shape index (κ1) is 16.7. The average Bonchev–Trinajstić information content (AvgIpc) is 2.64. The topological polar surface area (TPSA) is 58.6 Å². The van der Waals surface area contributed by atoms with Crippen molar-refractivity contribution in [1.82, 2.24) is 14.9 Å². The molecule has 0 bridgehead atoms. The molecule has 2 heterocycles. The molecule has 1 amide bonds. The van der Waals surface area contributed by atoms with E-state index in [9.17, 15) is 4.79 Å². The standard InChI is InChI=1S/C17H19BrN4O2/c1-13(24-15-4-2-14(18)3-5-15)17(23)22-10-8-21(9-11-22)16-12-19-6-7-20-16/h2-7,12-13H,8-11H2,1H3. The van der Waals surface area contributed by atoms with E-state index >= 15 is 0 Å². The van der Waals surface area contributed by atoms with Crippen molar-refractivity contribution in [2.45, 2.75) is 13.0 Å². The average molecular weight is 391 g/mol. The van der Waals surface area contributed by atoms with Gasteiger partial charge in [-0.2, -0.15) is 0 Å². The van der Waals surface area contributed by atoms with Crippen LogP contribution < -0.4 is 9.64 Å². The van der Waals surface area contributed by atoms with E-state index in [1.807, 2.05) is 29.2 Å². The summed E-state index contributed by atoms with van der Waals surface area (Å²) in [5.41, 5.74) is 0. The summed E-state index contributed by atoms with van der Waals surface area (Å²) in [5.74, 6) is 1.55. The predicted molar refractivity (Wildman–Crippen MR) is 95.1 cm³/mol. The maximum absolute atomic E-state index is 12.6. The summed E-state index contributed by atoms with van der Waals surface area (Å²) in [6.45, 7) is 4.59. The highest BCUT2D eigenvalue weighted by molar-refractivity contribution is 9.10. The van der Waals surface area contributed by atoms with Crippen molar-refractivity contribution in [1.29, 1.82) is 0 Å². The van der Waals surface area contributed by atoms with Crippen LogP contribution in [-0.4, -0.2) is 53.1 Å². The molecule has 1 fully saturated rings. The van der Waals surface area contributed by atoms with Gasteiger partial charge in [-0.05, 0) is 31.2 Å². The van der Waals surface area contributed by atoms with Crippen molar-refractivity contribution >= 4 is 27.7 Å². The quantitative estimate of drug-likeness (QED) is 0.801. The largest absolute Gasteiger partial charge is 0.481 e. The van der Waals surface area contributed by atoms with Crippen molar-refractivity contribution in [3.8, 4) is 5.75 Å². The number of rotatable bonds is 4. The number of ether oxygens (including phenoxy) is 1. The first-order chi connectivity index (χ1) is 11.6. The maximum Gasteiger partial charge on any atom is 0.263 e. The molecule has 0 N–H and O–H groups in total. The number of halogens is 1. The van der Waals surface area contributed by atoms with E-state index in [2.05, 4.69) is 30.8 Å². The normalized spacial score (nSPS) is 15.9. The highest BCUT2D eigenvalue weighted by Crippen LogP contribution is 2.18. The van der Waals surface area contributed by atoms with Crippen LogP contribution in [0.5, 0.6) is 5.75 Å². The first-order valence-corrected chi connectivity index (χ1v) is 8.65. The summed E-state index contributed by atoms with van der Waals surface area (Å²) in [5, 5.41) is 0. The fraction of sp³-hybridized carbons (Fsp3) is 0.353. The molecule has 3 rings (SSSR count). The molecule has 1 atom stereocenters. The van der Waals surface area contributed by atoms with Crippen LogP contribution in [0.3, 0.4) is 0 Å². The van der Waals surface area contributed by atoms with Gasteiger partial charge < -0.3 is 14.5 Å². The molecule has 1 aliphatic rings. The van der Waals surface area contributed by atoms with Crippen molar-refractivity contribution in [3.63, 3.8) is 0 Å². The number of carbonyl (C=O) groups is 1. The lowest BCUT2D eigenvalue weighted by molar-refractivity contribution is -0.138. The van der Waals surface area contributed by atoms with Gasteiger partial charge in [0.1, 0.15) is 11.6 Å². The van der Waals surface area contributed by atoms with Crippen LogP contribution in [0.4, 0.5) is 5.82 Å². The number of hydrogen-bond acceptors (Lipinski definition) is 5. The molecule has 126 valence electrons. The summed E-state index contributed by atoms with van der Waals surface area (Å²) in [7, 11) is 0. The second kappa shape index (κ2) is 7.61. The SMILES string of the molecule is CC(Oc1ccc(Br)cc1)C(=O)N1CCN(c2cnccn2)CC1. The fourth-order valence-electron chi connectivity index (χ4n) is 2.64. The minimum Gasteiger partial charge on any atom is -0.481 e. The van der Waals surface area contributed by atoms with Gasteiger partial charge in [0, 0.05) is 43.0 Å². The van der Waals surface area contributed by atoms with E-state index in [4.69, 9.17) is 4.74 Å². The van der Waals surface area contributed by atoms with Crippen molar-refractivity contribution in [2.75, 3.05) is 31.1 Å². The maximum atomic E-state index is 12.6. The molecule has 24 heavy (non-hydrogen) atoms. The van der Waals surface area contributed by atoms with Crippen LogP contribution in [0.15, 0.2) is 47.3 Å². The zero-order valence-corrected chi connectivity index (χ0v) is 15.0. The van der Waals surface area contributed by atoms with Gasteiger partial charge in [-0.1, -0.05) is 15.9 Å². The molecule has 0 aliphatic carbocycles. The first-order valence-electron chi connectivity index (χ1n) is 7.85. The molecule has 1 aromatic carbocycles. The number of benzene rings is 1. The van der Waals surface area contributed by atoms with Crippen molar-refractivity contribution < 1.29 is 9.53 Å². The van der Waals surface area contributed by atoms with Gasteiger partial charge >= 0.3 is 0 Å². The van der Waals surface area contributed by atoms with E-state index in [-0.39, 0.29) is 5.91 Å². The van der Waals surface area contributed by atoms with E-state index in [0.29, 0.717) is 18.8 Å². The van der Waals surface area contributed by atoms with Gasteiger partial charge in [-0.25, -0.2) is 4.98 Å². The molecule has 1 aliphatic heterocycles. The zero-order valence-electron chi connectivity index (χ0n) is 13.4. The number of aromatic nitrogens is 2. The number of piperazine rings is 1. The van der Waals surface area contributed by atoms with Crippen LogP contribution in [0.1, 0.15) is 6.92 Å². The molecular weight excluding hydrogens is 372 g/mol. The lowest BCUT2D eigenvalue weighted by Gasteiger charge is -2.36. The lowest BCUT2D eigenvalue weighted by Crippen LogP contribution is -2.52. The summed E-state index contributed by atoms with van der Waals surface area (Å²) >= 11 is 3.38. The second-order valence-electron chi connectivity index (χ2n) is 5.59. The molecule has 0 radical (unpaired) electrons. The smallest absolute Gasteiger partial charge is 0.263 e. The minimum absolute atomic E-state index is 0.0108. The molecule has 1 unspecified atom stereocenters. The van der Waals surface area contributed by atoms with Crippen LogP contribution in [0.2, 0.25) is 0 Å². The Labute approximate surface area is 149 Å². The predicted octanol–water partition coefficient (Wildman–Crippen LogP) is 2.36. The Morgan fingerprint density at radius 2 is 1.88 bits per heavy atom. The van der Waals surface area contributed by atoms with Gasteiger partial charge in [0.05, 0.1) is 6.20 Å². The highest BCUT2D eigenvalue weighted by atomic mass is 79.9. The summed E-state index contributed by atoms with van der Waals surface area (Å²) in [6.07, 6.45) is 4.58. The molecule has 7 heteroatoms. The zero-order chi connectivity index (χ0) is 16.9. The molecular formula is C17H19BrN4O2. The van der Waals surface area contributed by atoms with Crippen molar-refractivity contribution in [3.05, 3.63) is 47.3 Å². The number of hydrogen-bond donors (Lipinski definition) is 0. The van der Waals surface area contributed by atoms with E-state index in [0.717, 1.165) is 23.4 Å². The van der Waals surface area contributed by atoms with Gasteiger partial charge in [0.25, 0.3) is 5.91 Å². The van der Waals surface area contributed by atoms with E-state index in [1.54, 1.807) is 25.5 Å². The van der Waals surface area contributed by atoms with E-state index in [1.165, 1.54) is 0 Å². The summed E-state index contributed by atoms with van der Waals surface area (Å²) in [6, 6.07) is 7.48. The summed E-state index contributed by atoms with van der Waals surface area (Å²) < 4.78 is 6.73. The molecule has 1 saturated heterocycles. The Balaban J connectivity index is 1.53. The van der Waals surface area contributed by atoms with Gasteiger partial charge in [-0.15, -0.1) is 0 Å². The van der Waals surface area contributed by atoms with Crippen LogP contribution in [0, 0.1) is 0 Å². The number of carbonyl (C=O) groups excluding carboxylic acids is 1. The Hall–Kier alpha value is -2.15. The minimum atomic E-state index is -0.505. The van der Waals surface area contributed by atoms with Crippen molar-refractivity contribution in [2.24, 2.45) is 0 Å². The van der Waals surface area contributed by atoms with Crippen LogP contribution in [-0.2, 0) is 4.79 Å². The number of anilines is 1. The third-order valence-electron chi connectivity index (χ3n) is 3.94. The Bertz CT molecular complexity index is 673. The van der Waals surface area contributed by atoms with Gasteiger partial charge in [-0.3, -0.25) is 9.78 Å². The fourth-order valence-corrected chi connectivity index (χ4v) is 2.90. The van der Waals surface area contributed by atoms with Crippen LogP contribution >= 0.6 is 15.9 Å². The third-order valence-corrected chi connectivity index (χ3v) is 4.47. The van der Waals surface area contributed by atoms with E-state index < -0.39 is 6.10 Å². The third kappa shape index (κ3) is 4.03. The number of amides is 1. The summed E-state index contributed by atoms with van der Waals surface area (Å²) in [4.78, 5) is 24.9. The Kier molecular flexibility index (Phi) is 5.30. The van der Waals surface area contributed by atoms with Gasteiger partial charge in [0.2, 0.25) is 0 Å². The highest BCUT2D eigenvalue weighted by Gasteiger charge is 2.26. The Morgan fingerprint density at radius 1 is 1.17 bits per heavy atom. The Morgan fingerprint density at radius 3 is 2.50 bits per heavy atom. The second-order valence-corrected chi connectivity index (χ2v) is 6.51. The molecule has 0 saturated carbocycles. The molecule has 2 aromatic rings. The monoisotopic (exact) mass is 390 g/mol.